The van der Waals surface area contributed by atoms with Gasteiger partial charge in [-0.15, -0.1) is 0 Å². The first kappa shape index (κ1) is 41.1. The van der Waals surface area contributed by atoms with Crippen LogP contribution in [0.25, 0.3) is 0 Å². The first-order valence-corrected chi connectivity index (χ1v) is 17.1. The molecule has 0 rings (SSSR count). The molecule has 0 aliphatic carbocycles. The van der Waals surface area contributed by atoms with Gasteiger partial charge in [-0.25, -0.2) is 0 Å². The van der Waals surface area contributed by atoms with Crippen LogP contribution in [0.15, 0.2) is 85.1 Å². The fraction of sp³-hybridized carbons (Fsp3) is 0.590. The maximum absolute atomic E-state index is 12.1. The zero-order valence-corrected chi connectivity index (χ0v) is 27.9. The summed E-state index contributed by atoms with van der Waals surface area (Å²) in [6, 6.07) is 0. The van der Waals surface area contributed by atoms with Crippen molar-refractivity contribution in [2.45, 2.75) is 136 Å². The zero-order valence-electron chi connectivity index (χ0n) is 27.9. The van der Waals surface area contributed by atoms with Crippen LogP contribution >= 0.6 is 0 Å². The van der Waals surface area contributed by atoms with Crippen LogP contribution in [0.3, 0.4) is 0 Å². The van der Waals surface area contributed by atoms with Gasteiger partial charge in [-0.2, -0.15) is 0 Å². The standard InChI is InChI=1S/C39H62O5/c1-3-5-7-9-11-13-15-17-19-21-23-25-27-29-31-33-38(41)43-36-37(35-40)44-39(42)34-32-30-28-26-24-22-20-18-16-14-12-10-8-6-4-2/h5-8,11-14,17-20,23,25,37,40H,3-4,9-10,15-16,21-22,24,26-36H2,1-2H3/b7-5-,8-6-,13-11-,14-12-,19-17-,20-18-,25-23-/t37-/m0/s1. The van der Waals surface area contributed by atoms with E-state index in [9.17, 15) is 14.7 Å². The molecule has 0 unspecified atom stereocenters. The van der Waals surface area contributed by atoms with Crippen LogP contribution in [0, 0.1) is 0 Å². The molecule has 0 amide bonds. The molecule has 5 nitrogen and oxygen atoms in total. The van der Waals surface area contributed by atoms with Gasteiger partial charge in [0.1, 0.15) is 6.61 Å². The number of rotatable bonds is 29. The Bertz CT molecular complexity index is 875. The molecular weight excluding hydrogens is 548 g/mol. The van der Waals surface area contributed by atoms with Gasteiger partial charge in [-0.3, -0.25) is 9.59 Å². The Hall–Kier alpha value is -2.92. The third kappa shape index (κ3) is 32.0. The second kappa shape index (κ2) is 34.6. The Labute approximate surface area is 269 Å². The average molecular weight is 611 g/mol. The summed E-state index contributed by atoms with van der Waals surface area (Å²) >= 11 is 0. The van der Waals surface area contributed by atoms with E-state index >= 15 is 0 Å². The molecule has 44 heavy (non-hydrogen) atoms. The highest BCUT2D eigenvalue weighted by molar-refractivity contribution is 5.70. The molecule has 0 spiro atoms. The van der Waals surface area contributed by atoms with Crippen LogP contribution in [0.2, 0.25) is 0 Å². The summed E-state index contributed by atoms with van der Waals surface area (Å²) in [5.74, 6) is -0.671. The van der Waals surface area contributed by atoms with Gasteiger partial charge in [-0.1, -0.05) is 118 Å². The van der Waals surface area contributed by atoms with E-state index in [2.05, 4.69) is 98.9 Å². The summed E-state index contributed by atoms with van der Waals surface area (Å²) in [6.07, 6.45) is 46.4. The molecule has 0 bridgehead atoms. The van der Waals surface area contributed by atoms with Crippen molar-refractivity contribution in [3.8, 4) is 0 Å². The summed E-state index contributed by atoms with van der Waals surface area (Å²) in [7, 11) is 0. The molecule has 1 N–H and O–H groups in total. The Morgan fingerprint density at radius 1 is 0.523 bits per heavy atom. The minimum Gasteiger partial charge on any atom is -0.462 e. The molecule has 5 heteroatoms. The zero-order chi connectivity index (χ0) is 32.2. The van der Waals surface area contributed by atoms with Crippen molar-refractivity contribution in [3.05, 3.63) is 85.1 Å². The largest absolute Gasteiger partial charge is 0.462 e. The molecule has 1 atom stereocenters. The maximum atomic E-state index is 12.1. The van der Waals surface area contributed by atoms with E-state index in [0.717, 1.165) is 103 Å². The first-order chi connectivity index (χ1) is 21.6. The summed E-state index contributed by atoms with van der Waals surface area (Å²) < 4.78 is 10.5. The highest BCUT2D eigenvalue weighted by Crippen LogP contribution is 2.10. The number of ether oxygens (including phenoxy) is 2. The van der Waals surface area contributed by atoms with E-state index in [4.69, 9.17) is 9.47 Å². The van der Waals surface area contributed by atoms with Crippen LogP contribution in [0.5, 0.6) is 0 Å². The normalized spacial score (nSPS) is 13.2. The van der Waals surface area contributed by atoms with Crippen molar-refractivity contribution in [2.24, 2.45) is 0 Å². The molecule has 248 valence electrons. The van der Waals surface area contributed by atoms with E-state index in [1.807, 2.05) is 0 Å². The number of allylic oxidation sites excluding steroid dienone is 14. The molecule has 0 aromatic heterocycles. The SMILES string of the molecule is CC/C=C\C/C=C\C/C=C\C/C=C\CCCCC(=O)OC[C@H](CO)OC(=O)CCCCCCC/C=C\C/C=C\C/C=C\CC. The smallest absolute Gasteiger partial charge is 0.306 e. The number of hydrogen-bond acceptors (Lipinski definition) is 5. The van der Waals surface area contributed by atoms with Gasteiger partial charge < -0.3 is 14.6 Å². The van der Waals surface area contributed by atoms with Gasteiger partial charge in [0.25, 0.3) is 0 Å². The van der Waals surface area contributed by atoms with Crippen molar-refractivity contribution in [1.29, 1.82) is 0 Å². The fourth-order valence-corrected chi connectivity index (χ4v) is 4.14. The fourth-order valence-electron chi connectivity index (χ4n) is 4.14. The number of unbranched alkanes of at least 4 members (excludes halogenated alkanes) is 7. The summed E-state index contributed by atoms with van der Waals surface area (Å²) in [6.45, 7) is 3.83. The third-order valence-electron chi connectivity index (χ3n) is 6.68. The molecule has 0 fully saturated rings. The van der Waals surface area contributed by atoms with E-state index < -0.39 is 6.10 Å². The Balaban J connectivity index is 3.73. The summed E-state index contributed by atoms with van der Waals surface area (Å²) in [4.78, 5) is 24.1. The maximum Gasteiger partial charge on any atom is 0.306 e. The Morgan fingerprint density at radius 3 is 1.41 bits per heavy atom. The van der Waals surface area contributed by atoms with E-state index in [0.29, 0.717) is 12.8 Å². The van der Waals surface area contributed by atoms with E-state index in [1.165, 1.54) is 0 Å². The molecule has 0 aromatic rings. The number of carbonyl (C=O) groups is 2. The molecular formula is C39H62O5. The minimum absolute atomic E-state index is 0.100. The van der Waals surface area contributed by atoms with Crippen LogP contribution in [0.1, 0.15) is 129 Å². The van der Waals surface area contributed by atoms with Crippen molar-refractivity contribution < 1.29 is 24.2 Å². The van der Waals surface area contributed by atoms with Gasteiger partial charge in [0.05, 0.1) is 6.61 Å². The summed E-state index contributed by atoms with van der Waals surface area (Å²) in [5.41, 5.74) is 0. The second-order valence-electron chi connectivity index (χ2n) is 10.8. The third-order valence-corrected chi connectivity index (χ3v) is 6.68. The predicted octanol–water partition coefficient (Wildman–Crippen LogP) is 10.4. The lowest BCUT2D eigenvalue weighted by atomic mass is 10.1. The van der Waals surface area contributed by atoms with Gasteiger partial charge in [-0.05, 0) is 83.5 Å². The number of aliphatic hydroxyl groups excluding tert-OH is 1. The molecule has 0 aliphatic rings. The van der Waals surface area contributed by atoms with Crippen LogP contribution in [-0.4, -0.2) is 36.4 Å². The topological polar surface area (TPSA) is 72.8 Å². The lowest BCUT2D eigenvalue weighted by Gasteiger charge is -2.15. The van der Waals surface area contributed by atoms with Crippen LogP contribution < -0.4 is 0 Å². The molecule has 0 saturated carbocycles. The van der Waals surface area contributed by atoms with Crippen LogP contribution in [0.4, 0.5) is 0 Å². The Morgan fingerprint density at radius 2 is 0.909 bits per heavy atom. The predicted molar refractivity (Wildman–Crippen MR) is 186 cm³/mol. The van der Waals surface area contributed by atoms with E-state index in [-0.39, 0.29) is 25.2 Å². The number of aliphatic hydroxyl groups is 1. The second-order valence-corrected chi connectivity index (χ2v) is 10.8. The lowest BCUT2D eigenvalue weighted by Crippen LogP contribution is -2.28. The summed E-state index contributed by atoms with van der Waals surface area (Å²) in [5, 5.41) is 9.51. The first-order valence-electron chi connectivity index (χ1n) is 17.1. The van der Waals surface area contributed by atoms with Gasteiger partial charge >= 0.3 is 11.9 Å². The van der Waals surface area contributed by atoms with Gasteiger partial charge in [0.2, 0.25) is 0 Å². The molecule has 0 saturated heterocycles. The monoisotopic (exact) mass is 610 g/mol. The number of esters is 2. The minimum atomic E-state index is -0.801. The molecule has 0 aliphatic heterocycles. The highest BCUT2D eigenvalue weighted by Gasteiger charge is 2.16. The van der Waals surface area contributed by atoms with Gasteiger partial charge in [0.15, 0.2) is 6.10 Å². The van der Waals surface area contributed by atoms with Gasteiger partial charge in [0, 0.05) is 12.8 Å². The van der Waals surface area contributed by atoms with Crippen LogP contribution in [-0.2, 0) is 19.1 Å². The van der Waals surface area contributed by atoms with Crippen molar-refractivity contribution in [2.75, 3.05) is 13.2 Å². The lowest BCUT2D eigenvalue weighted by molar-refractivity contribution is -0.161. The number of hydrogen-bond donors (Lipinski definition) is 1. The van der Waals surface area contributed by atoms with Crippen molar-refractivity contribution in [3.63, 3.8) is 0 Å². The average Bonchev–Trinajstić information content (AvgIpc) is 3.02. The Kier molecular flexibility index (Phi) is 32.3. The number of carbonyl (C=O) groups excluding carboxylic acids is 2. The molecule has 0 heterocycles. The molecule has 0 radical (unpaired) electrons. The van der Waals surface area contributed by atoms with Crippen molar-refractivity contribution >= 4 is 11.9 Å². The molecule has 0 aromatic carbocycles. The highest BCUT2D eigenvalue weighted by atomic mass is 16.6. The van der Waals surface area contributed by atoms with Crippen molar-refractivity contribution in [1.82, 2.24) is 0 Å². The van der Waals surface area contributed by atoms with E-state index in [1.54, 1.807) is 0 Å². The quantitative estimate of drug-likeness (QED) is 0.0518.